The molecule has 0 bridgehead atoms. The summed E-state index contributed by atoms with van der Waals surface area (Å²) in [5.41, 5.74) is 0.416. The number of hydrogen-bond acceptors (Lipinski definition) is 5. The van der Waals surface area contributed by atoms with Crippen LogP contribution in [0.5, 0.6) is 0 Å². The molecule has 0 spiro atoms. The van der Waals surface area contributed by atoms with Gasteiger partial charge in [0.2, 0.25) is 15.9 Å². The second-order valence-electron chi connectivity index (χ2n) is 5.02. The van der Waals surface area contributed by atoms with Crippen LogP contribution in [0.1, 0.15) is 12.8 Å². The quantitative estimate of drug-likeness (QED) is 0.652. The van der Waals surface area contributed by atoms with Gasteiger partial charge in [-0.1, -0.05) is 6.07 Å². The molecule has 0 saturated heterocycles. The second-order valence-corrected chi connectivity index (χ2v) is 6.73. The van der Waals surface area contributed by atoms with E-state index in [9.17, 15) is 13.2 Å². The van der Waals surface area contributed by atoms with Crippen LogP contribution in [0.3, 0.4) is 0 Å². The molecule has 0 aliphatic heterocycles. The number of hydrogen-bond donors (Lipinski definition) is 2. The molecule has 1 aliphatic rings. The summed E-state index contributed by atoms with van der Waals surface area (Å²) >= 11 is 0. The van der Waals surface area contributed by atoms with Crippen LogP contribution in [0.4, 0.5) is 5.69 Å². The lowest BCUT2D eigenvalue weighted by molar-refractivity contribution is -0.121. The lowest BCUT2D eigenvalue weighted by Gasteiger charge is -2.09. The number of rotatable bonds is 9. The number of nitrogens with one attached hydrogen (secondary N) is 2. The van der Waals surface area contributed by atoms with Gasteiger partial charge in [0.15, 0.2) is 0 Å². The average Bonchev–Trinajstić information content (AvgIpc) is 3.27. The van der Waals surface area contributed by atoms with E-state index in [1.165, 1.54) is 12.1 Å². The molecule has 0 unspecified atom stereocenters. The lowest BCUT2D eigenvalue weighted by Crippen LogP contribution is -2.26. The molecule has 122 valence electrons. The van der Waals surface area contributed by atoms with Gasteiger partial charge < -0.3 is 14.8 Å². The smallest absolute Gasteiger partial charge is 0.250 e. The standard InChI is InChI=1S/C14H20N2O5S/c1-20-7-8-21-10-14(17)15-12-3-2-4-13(9-12)22(18,19)16-11-5-6-11/h2-4,9,11,16H,5-8,10H2,1H3,(H,15,17). The molecule has 1 amide bonds. The fourth-order valence-corrected chi connectivity index (χ4v) is 3.08. The summed E-state index contributed by atoms with van der Waals surface area (Å²) < 4.78 is 36.7. The Balaban J connectivity index is 1.92. The van der Waals surface area contributed by atoms with Gasteiger partial charge in [-0.15, -0.1) is 0 Å². The minimum Gasteiger partial charge on any atom is -0.382 e. The number of ether oxygens (including phenoxy) is 2. The topological polar surface area (TPSA) is 93.7 Å². The van der Waals surface area contributed by atoms with Crippen molar-refractivity contribution in [3.8, 4) is 0 Å². The zero-order valence-corrected chi connectivity index (χ0v) is 13.2. The molecule has 2 N–H and O–H groups in total. The van der Waals surface area contributed by atoms with E-state index < -0.39 is 10.0 Å². The van der Waals surface area contributed by atoms with E-state index in [2.05, 4.69) is 10.0 Å². The molecule has 1 aliphatic carbocycles. The van der Waals surface area contributed by atoms with Crippen LogP contribution in [0.25, 0.3) is 0 Å². The summed E-state index contributed by atoms with van der Waals surface area (Å²) in [4.78, 5) is 11.8. The van der Waals surface area contributed by atoms with Gasteiger partial charge in [-0.25, -0.2) is 13.1 Å². The third kappa shape index (κ3) is 5.38. The SMILES string of the molecule is COCCOCC(=O)Nc1cccc(S(=O)(=O)NC2CC2)c1. The molecule has 22 heavy (non-hydrogen) atoms. The van der Waals surface area contributed by atoms with Crippen molar-refractivity contribution >= 4 is 21.6 Å². The summed E-state index contributed by atoms with van der Waals surface area (Å²) in [6.45, 7) is 0.623. The Morgan fingerprint density at radius 1 is 1.32 bits per heavy atom. The van der Waals surface area contributed by atoms with Crippen LogP contribution >= 0.6 is 0 Å². The normalized spacial score (nSPS) is 14.8. The maximum absolute atomic E-state index is 12.1. The molecule has 1 aromatic rings. The number of methoxy groups -OCH3 is 1. The molecule has 0 radical (unpaired) electrons. The number of sulfonamides is 1. The largest absolute Gasteiger partial charge is 0.382 e. The van der Waals surface area contributed by atoms with Crippen molar-refractivity contribution in [1.29, 1.82) is 0 Å². The average molecular weight is 328 g/mol. The Morgan fingerprint density at radius 2 is 2.09 bits per heavy atom. The summed E-state index contributed by atoms with van der Waals surface area (Å²) in [6, 6.07) is 6.18. The maximum Gasteiger partial charge on any atom is 0.250 e. The van der Waals surface area contributed by atoms with Crippen molar-refractivity contribution in [1.82, 2.24) is 4.72 Å². The van der Waals surface area contributed by atoms with Crippen molar-refractivity contribution in [3.05, 3.63) is 24.3 Å². The fraction of sp³-hybridized carbons (Fsp3) is 0.500. The van der Waals surface area contributed by atoms with E-state index in [4.69, 9.17) is 9.47 Å². The first kappa shape index (κ1) is 16.9. The van der Waals surface area contributed by atoms with E-state index in [1.807, 2.05) is 0 Å². The molecule has 1 fully saturated rings. The van der Waals surface area contributed by atoms with Gasteiger partial charge in [0, 0.05) is 18.8 Å². The van der Waals surface area contributed by atoms with Crippen LogP contribution in [0.2, 0.25) is 0 Å². The van der Waals surface area contributed by atoms with E-state index in [-0.39, 0.29) is 23.5 Å². The van der Waals surface area contributed by atoms with Crippen molar-refractivity contribution < 1.29 is 22.7 Å². The summed E-state index contributed by atoms with van der Waals surface area (Å²) in [6.07, 6.45) is 1.74. The Labute approximate surface area is 130 Å². The van der Waals surface area contributed by atoms with Gasteiger partial charge in [0.05, 0.1) is 18.1 Å². The van der Waals surface area contributed by atoms with Crippen LogP contribution in [0, 0.1) is 0 Å². The molecule has 2 rings (SSSR count). The number of amides is 1. The first-order chi connectivity index (χ1) is 10.5. The number of benzene rings is 1. The number of carbonyl (C=O) groups is 1. The summed E-state index contributed by atoms with van der Waals surface area (Å²) in [5.74, 6) is -0.346. The van der Waals surface area contributed by atoms with E-state index in [0.717, 1.165) is 12.8 Å². The van der Waals surface area contributed by atoms with Crippen LogP contribution in [-0.2, 0) is 24.3 Å². The minimum atomic E-state index is -3.53. The lowest BCUT2D eigenvalue weighted by atomic mass is 10.3. The highest BCUT2D eigenvalue weighted by molar-refractivity contribution is 7.89. The Morgan fingerprint density at radius 3 is 2.77 bits per heavy atom. The van der Waals surface area contributed by atoms with Gasteiger partial charge in [-0.3, -0.25) is 4.79 Å². The Kier molecular flexibility index (Phi) is 5.90. The molecule has 1 saturated carbocycles. The molecule has 1 aromatic carbocycles. The highest BCUT2D eigenvalue weighted by Crippen LogP contribution is 2.23. The fourth-order valence-electron chi connectivity index (χ4n) is 1.73. The zero-order chi connectivity index (χ0) is 16.0. The summed E-state index contributed by atoms with van der Waals surface area (Å²) in [7, 11) is -1.98. The monoisotopic (exact) mass is 328 g/mol. The number of anilines is 1. The van der Waals surface area contributed by atoms with Gasteiger partial charge in [-0.05, 0) is 31.0 Å². The van der Waals surface area contributed by atoms with Crippen LogP contribution in [-0.4, -0.2) is 47.3 Å². The molecule has 0 atom stereocenters. The molecular formula is C14H20N2O5S. The van der Waals surface area contributed by atoms with E-state index in [0.29, 0.717) is 18.9 Å². The highest BCUT2D eigenvalue weighted by atomic mass is 32.2. The second kappa shape index (κ2) is 7.68. The zero-order valence-electron chi connectivity index (χ0n) is 12.4. The first-order valence-electron chi connectivity index (χ1n) is 7.00. The van der Waals surface area contributed by atoms with Crippen molar-refractivity contribution in [3.63, 3.8) is 0 Å². The van der Waals surface area contributed by atoms with Gasteiger partial charge in [-0.2, -0.15) is 0 Å². The van der Waals surface area contributed by atoms with Crippen molar-refractivity contribution in [2.45, 2.75) is 23.8 Å². The molecular weight excluding hydrogens is 308 g/mol. The van der Waals surface area contributed by atoms with Gasteiger partial charge in [0.1, 0.15) is 6.61 Å². The Bertz CT molecular complexity index is 613. The van der Waals surface area contributed by atoms with E-state index >= 15 is 0 Å². The first-order valence-corrected chi connectivity index (χ1v) is 8.48. The highest BCUT2D eigenvalue weighted by Gasteiger charge is 2.28. The predicted octanol–water partition coefficient (Wildman–Crippen LogP) is 0.729. The van der Waals surface area contributed by atoms with Gasteiger partial charge in [0.25, 0.3) is 0 Å². The third-order valence-corrected chi connectivity index (χ3v) is 4.51. The minimum absolute atomic E-state index is 0.0393. The molecule has 0 heterocycles. The molecule has 8 heteroatoms. The number of carbonyl (C=O) groups excluding carboxylic acids is 1. The maximum atomic E-state index is 12.1. The third-order valence-electron chi connectivity index (χ3n) is 2.99. The van der Waals surface area contributed by atoms with Gasteiger partial charge >= 0.3 is 0 Å². The van der Waals surface area contributed by atoms with Crippen LogP contribution < -0.4 is 10.0 Å². The predicted molar refractivity (Wildman–Crippen MR) is 81.1 cm³/mol. The van der Waals surface area contributed by atoms with Crippen molar-refractivity contribution in [2.24, 2.45) is 0 Å². The Hall–Kier alpha value is -1.48. The van der Waals surface area contributed by atoms with Crippen LogP contribution in [0.15, 0.2) is 29.2 Å². The summed E-state index contributed by atoms with van der Waals surface area (Å²) in [5, 5.41) is 2.60. The van der Waals surface area contributed by atoms with E-state index in [1.54, 1.807) is 19.2 Å². The molecule has 0 aromatic heterocycles. The molecule has 7 nitrogen and oxygen atoms in total. The van der Waals surface area contributed by atoms with Crippen molar-refractivity contribution in [2.75, 3.05) is 32.2 Å².